The minimum Gasteiger partial charge on any atom is -0.270 e. The number of aryl methyl sites for hydroxylation is 1. The number of nitrogens with zero attached hydrogens (tertiary/aromatic N) is 3. The van der Waals surface area contributed by atoms with Crippen LogP contribution in [0.5, 0.6) is 0 Å². The van der Waals surface area contributed by atoms with Crippen LogP contribution in [0.25, 0.3) is 16.6 Å². The van der Waals surface area contributed by atoms with E-state index < -0.39 is 0 Å². The van der Waals surface area contributed by atoms with E-state index in [-0.39, 0.29) is 0 Å². The highest BCUT2D eigenvalue weighted by Crippen LogP contribution is 2.26. The molecule has 4 heteroatoms. The summed E-state index contributed by atoms with van der Waals surface area (Å²) in [6, 6.07) is 10.6. The number of rotatable bonds is 7. The molecule has 0 aliphatic heterocycles. The van der Waals surface area contributed by atoms with Gasteiger partial charge in [0, 0.05) is 11.1 Å². The lowest BCUT2D eigenvalue weighted by molar-refractivity contribution is 0.659. The van der Waals surface area contributed by atoms with E-state index in [4.69, 9.17) is 0 Å². The molecule has 3 rings (SSSR count). The number of hydrogen-bond acceptors (Lipinski definition) is 3. The van der Waals surface area contributed by atoms with Crippen LogP contribution in [0.2, 0.25) is 0 Å². The fraction of sp³-hybridized carbons (Fsp3) is 0.444. The normalized spacial score (nSPS) is 11.5. The molecule has 0 saturated heterocycles. The number of fused-ring (bicyclic) bond motifs is 3. The molecule has 0 N–H and O–H groups in total. The molecule has 22 heavy (non-hydrogen) atoms. The summed E-state index contributed by atoms with van der Waals surface area (Å²) in [7, 11) is 0. The van der Waals surface area contributed by atoms with Crippen LogP contribution in [-0.4, -0.2) is 20.4 Å². The predicted octanol–water partition coefficient (Wildman–Crippen LogP) is 5.25. The van der Waals surface area contributed by atoms with Gasteiger partial charge in [0.1, 0.15) is 0 Å². The molecule has 1 aromatic carbocycles. The van der Waals surface area contributed by atoms with Gasteiger partial charge in [-0.15, -0.1) is 10.2 Å². The van der Waals surface area contributed by atoms with E-state index in [1.165, 1.54) is 48.6 Å². The number of pyridine rings is 1. The summed E-state index contributed by atoms with van der Waals surface area (Å²) in [5, 5.41) is 11.0. The van der Waals surface area contributed by atoms with Crippen LogP contribution in [0.3, 0.4) is 0 Å². The van der Waals surface area contributed by atoms with Crippen molar-refractivity contribution in [2.45, 2.75) is 51.1 Å². The Hall–Kier alpha value is -1.55. The first-order valence-corrected chi connectivity index (χ1v) is 9.16. The molecule has 2 heterocycles. The van der Waals surface area contributed by atoms with Crippen molar-refractivity contribution in [1.29, 1.82) is 0 Å². The SMILES string of the molecule is CCCCCCCSc1nnc2cc(C)c3ccccc3n12. The first-order valence-electron chi connectivity index (χ1n) is 8.17. The Morgan fingerprint density at radius 1 is 1.05 bits per heavy atom. The Kier molecular flexibility index (Phi) is 4.98. The fourth-order valence-corrected chi connectivity index (χ4v) is 3.79. The van der Waals surface area contributed by atoms with E-state index in [2.05, 4.69) is 58.8 Å². The fourth-order valence-electron chi connectivity index (χ4n) is 2.84. The molecule has 0 amide bonds. The summed E-state index contributed by atoms with van der Waals surface area (Å²) in [5.41, 5.74) is 3.41. The van der Waals surface area contributed by atoms with Crippen LogP contribution in [0.15, 0.2) is 35.5 Å². The second-order valence-corrected chi connectivity index (χ2v) is 6.85. The third kappa shape index (κ3) is 3.12. The Bertz CT molecular complexity index is 763. The molecule has 0 fully saturated rings. The van der Waals surface area contributed by atoms with Gasteiger partial charge in [-0.3, -0.25) is 4.40 Å². The topological polar surface area (TPSA) is 30.2 Å². The summed E-state index contributed by atoms with van der Waals surface area (Å²) < 4.78 is 2.19. The molecule has 3 nitrogen and oxygen atoms in total. The minimum atomic E-state index is 0.949. The van der Waals surface area contributed by atoms with Gasteiger partial charge in [0.15, 0.2) is 10.8 Å². The summed E-state index contributed by atoms with van der Waals surface area (Å²) in [5.74, 6) is 1.12. The lowest BCUT2D eigenvalue weighted by atomic mass is 10.1. The van der Waals surface area contributed by atoms with E-state index in [1.807, 2.05) is 11.8 Å². The van der Waals surface area contributed by atoms with Gasteiger partial charge in [-0.2, -0.15) is 0 Å². The molecule has 0 atom stereocenters. The van der Waals surface area contributed by atoms with E-state index in [0.717, 1.165) is 16.6 Å². The monoisotopic (exact) mass is 313 g/mol. The van der Waals surface area contributed by atoms with Crippen molar-refractivity contribution in [3.05, 3.63) is 35.9 Å². The highest BCUT2D eigenvalue weighted by molar-refractivity contribution is 7.99. The van der Waals surface area contributed by atoms with Gasteiger partial charge in [0.2, 0.25) is 0 Å². The molecule has 0 aliphatic carbocycles. The summed E-state index contributed by atoms with van der Waals surface area (Å²) >= 11 is 1.82. The molecule has 0 saturated carbocycles. The van der Waals surface area contributed by atoms with Crippen molar-refractivity contribution < 1.29 is 0 Å². The lowest BCUT2D eigenvalue weighted by Crippen LogP contribution is -1.93. The minimum absolute atomic E-state index is 0.949. The lowest BCUT2D eigenvalue weighted by Gasteiger charge is -2.07. The van der Waals surface area contributed by atoms with Gasteiger partial charge >= 0.3 is 0 Å². The maximum atomic E-state index is 4.40. The van der Waals surface area contributed by atoms with Gasteiger partial charge in [0.05, 0.1) is 5.52 Å². The van der Waals surface area contributed by atoms with Crippen LogP contribution < -0.4 is 0 Å². The molecule has 0 aliphatic rings. The van der Waals surface area contributed by atoms with Gasteiger partial charge in [-0.25, -0.2) is 0 Å². The van der Waals surface area contributed by atoms with E-state index >= 15 is 0 Å². The van der Waals surface area contributed by atoms with Crippen molar-refractivity contribution >= 4 is 28.3 Å². The quantitative estimate of drug-likeness (QED) is 0.440. The number of aromatic nitrogens is 3. The number of benzene rings is 1. The van der Waals surface area contributed by atoms with Crippen molar-refractivity contribution in [2.75, 3.05) is 5.75 Å². The van der Waals surface area contributed by atoms with Crippen molar-refractivity contribution in [3.8, 4) is 0 Å². The molecule has 0 bridgehead atoms. The number of hydrogen-bond donors (Lipinski definition) is 0. The second-order valence-electron chi connectivity index (χ2n) is 5.78. The largest absolute Gasteiger partial charge is 0.270 e. The molecule has 116 valence electrons. The van der Waals surface area contributed by atoms with Crippen molar-refractivity contribution in [3.63, 3.8) is 0 Å². The van der Waals surface area contributed by atoms with Crippen LogP contribution in [0, 0.1) is 6.92 Å². The summed E-state index contributed by atoms with van der Waals surface area (Å²) in [6.07, 6.45) is 6.57. The van der Waals surface area contributed by atoms with Crippen LogP contribution >= 0.6 is 11.8 Å². The zero-order valence-corrected chi connectivity index (χ0v) is 14.2. The molecule has 2 aromatic heterocycles. The maximum absolute atomic E-state index is 4.40. The third-order valence-electron chi connectivity index (χ3n) is 4.05. The zero-order chi connectivity index (χ0) is 15.4. The average molecular weight is 313 g/mol. The van der Waals surface area contributed by atoms with Gasteiger partial charge in [-0.05, 0) is 31.0 Å². The zero-order valence-electron chi connectivity index (χ0n) is 13.4. The van der Waals surface area contributed by atoms with Crippen LogP contribution in [0.4, 0.5) is 0 Å². The maximum Gasteiger partial charge on any atom is 0.196 e. The first kappa shape index (κ1) is 15.3. The van der Waals surface area contributed by atoms with Gasteiger partial charge < -0.3 is 0 Å². The predicted molar refractivity (Wildman–Crippen MR) is 94.7 cm³/mol. The molecule has 0 unspecified atom stereocenters. The Balaban J connectivity index is 1.81. The smallest absolute Gasteiger partial charge is 0.196 e. The molecular weight excluding hydrogens is 290 g/mol. The van der Waals surface area contributed by atoms with Gasteiger partial charge in [0.25, 0.3) is 0 Å². The van der Waals surface area contributed by atoms with E-state index in [0.29, 0.717) is 0 Å². The standard InChI is InChI=1S/C18H23N3S/c1-3-4-5-6-9-12-22-18-20-19-17-13-14(2)15-10-7-8-11-16(15)21(17)18/h7-8,10-11,13H,3-6,9,12H2,1-2H3. The number of unbranched alkanes of at least 4 members (excludes halogenated alkanes) is 4. The molecule has 0 spiro atoms. The van der Waals surface area contributed by atoms with Gasteiger partial charge in [-0.1, -0.05) is 62.6 Å². The average Bonchev–Trinajstić information content (AvgIpc) is 2.94. The molecular formula is C18H23N3S. The number of thioether (sulfide) groups is 1. The van der Waals surface area contributed by atoms with Crippen LogP contribution in [0.1, 0.15) is 44.6 Å². The first-order chi connectivity index (χ1) is 10.8. The highest BCUT2D eigenvalue weighted by atomic mass is 32.2. The highest BCUT2D eigenvalue weighted by Gasteiger charge is 2.10. The van der Waals surface area contributed by atoms with Crippen molar-refractivity contribution in [2.24, 2.45) is 0 Å². The number of para-hydroxylation sites is 1. The molecule has 3 aromatic rings. The summed E-state index contributed by atoms with van der Waals surface area (Å²) in [6.45, 7) is 4.39. The Labute approximate surface area is 136 Å². The molecule has 0 radical (unpaired) electrons. The van der Waals surface area contributed by atoms with Crippen LogP contribution in [-0.2, 0) is 0 Å². The second kappa shape index (κ2) is 7.14. The van der Waals surface area contributed by atoms with E-state index in [9.17, 15) is 0 Å². The van der Waals surface area contributed by atoms with Crippen molar-refractivity contribution in [1.82, 2.24) is 14.6 Å². The van der Waals surface area contributed by atoms with E-state index in [1.54, 1.807) is 0 Å². The Morgan fingerprint density at radius 2 is 1.86 bits per heavy atom. The third-order valence-corrected chi connectivity index (χ3v) is 5.07. The Morgan fingerprint density at radius 3 is 2.73 bits per heavy atom. The summed E-state index contributed by atoms with van der Waals surface area (Å²) in [4.78, 5) is 0.